The predicted octanol–water partition coefficient (Wildman–Crippen LogP) is 1.61. The Morgan fingerprint density at radius 3 is 2.76 bits per heavy atom. The minimum absolute atomic E-state index is 0.100. The molecule has 0 unspecified atom stereocenters. The minimum atomic E-state index is 0.100. The van der Waals surface area contributed by atoms with Crippen LogP contribution >= 0.6 is 0 Å². The highest BCUT2D eigenvalue weighted by atomic mass is 16.1. The molecule has 0 saturated heterocycles. The number of nitrogens with two attached hydrogens (primary N) is 1. The normalized spacial score (nSPS) is 10.2. The van der Waals surface area contributed by atoms with Crippen LogP contribution in [0.25, 0.3) is 0 Å². The van der Waals surface area contributed by atoms with E-state index in [1.54, 1.807) is 6.20 Å². The molecule has 0 aliphatic heterocycles. The zero-order chi connectivity index (χ0) is 12.3. The van der Waals surface area contributed by atoms with Gasteiger partial charge in [-0.05, 0) is 31.5 Å². The average Bonchev–Trinajstić information content (AvgIpc) is 2.37. The van der Waals surface area contributed by atoms with Crippen molar-refractivity contribution in [1.29, 1.82) is 0 Å². The SMILES string of the molecule is NCCCCCCC(=O)NCc1ccccn1. The van der Waals surface area contributed by atoms with E-state index in [0.29, 0.717) is 13.0 Å². The summed E-state index contributed by atoms with van der Waals surface area (Å²) in [7, 11) is 0. The fraction of sp³-hybridized carbons (Fsp3) is 0.538. The van der Waals surface area contributed by atoms with E-state index in [1.807, 2.05) is 18.2 Å². The van der Waals surface area contributed by atoms with Crippen molar-refractivity contribution in [2.45, 2.75) is 38.6 Å². The summed E-state index contributed by atoms with van der Waals surface area (Å²) in [5.41, 5.74) is 6.29. The van der Waals surface area contributed by atoms with Gasteiger partial charge in [-0.25, -0.2) is 0 Å². The summed E-state index contributed by atoms with van der Waals surface area (Å²) >= 11 is 0. The molecule has 3 N–H and O–H groups in total. The molecule has 0 spiro atoms. The first kappa shape index (κ1) is 13.6. The van der Waals surface area contributed by atoms with E-state index in [2.05, 4.69) is 10.3 Å². The van der Waals surface area contributed by atoms with Crippen molar-refractivity contribution >= 4 is 5.91 Å². The number of rotatable bonds is 8. The third kappa shape index (κ3) is 6.68. The highest BCUT2D eigenvalue weighted by Crippen LogP contribution is 2.02. The molecule has 0 fully saturated rings. The lowest BCUT2D eigenvalue weighted by Crippen LogP contribution is -2.22. The van der Waals surface area contributed by atoms with Crippen molar-refractivity contribution in [2.75, 3.05) is 6.54 Å². The molecular formula is C13H21N3O. The van der Waals surface area contributed by atoms with E-state index in [9.17, 15) is 4.79 Å². The second kappa shape index (κ2) is 8.70. The lowest BCUT2D eigenvalue weighted by molar-refractivity contribution is -0.121. The first-order valence-corrected chi connectivity index (χ1v) is 6.19. The third-order valence-electron chi connectivity index (χ3n) is 2.55. The second-order valence-electron chi connectivity index (χ2n) is 4.05. The molecule has 1 rings (SSSR count). The molecule has 1 aromatic rings. The van der Waals surface area contributed by atoms with Gasteiger partial charge in [0.05, 0.1) is 12.2 Å². The van der Waals surface area contributed by atoms with E-state index in [-0.39, 0.29) is 5.91 Å². The summed E-state index contributed by atoms with van der Waals surface area (Å²) in [4.78, 5) is 15.6. The topological polar surface area (TPSA) is 68.0 Å². The van der Waals surface area contributed by atoms with Crippen LogP contribution in [0.4, 0.5) is 0 Å². The van der Waals surface area contributed by atoms with Crippen LogP contribution in [-0.2, 0) is 11.3 Å². The van der Waals surface area contributed by atoms with Crippen LogP contribution in [0.5, 0.6) is 0 Å². The number of carbonyl (C=O) groups is 1. The fourth-order valence-electron chi connectivity index (χ4n) is 1.56. The van der Waals surface area contributed by atoms with Crippen molar-refractivity contribution in [2.24, 2.45) is 5.73 Å². The van der Waals surface area contributed by atoms with Crippen molar-refractivity contribution in [3.8, 4) is 0 Å². The molecule has 0 aliphatic rings. The largest absolute Gasteiger partial charge is 0.350 e. The van der Waals surface area contributed by atoms with Gasteiger partial charge < -0.3 is 11.1 Å². The van der Waals surface area contributed by atoms with Crippen LogP contribution in [0, 0.1) is 0 Å². The maximum absolute atomic E-state index is 11.5. The van der Waals surface area contributed by atoms with Crippen LogP contribution in [0.3, 0.4) is 0 Å². The molecule has 94 valence electrons. The Balaban J connectivity index is 2.05. The molecule has 0 aromatic carbocycles. The molecule has 0 bridgehead atoms. The number of pyridine rings is 1. The molecule has 0 radical (unpaired) electrons. The molecule has 4 heteroatoms. The van der Waals surface area contributed by atoms with E-state index in [0.717, 1.165) is 37.9 Å². The number of unbranched alkanes of at least 4 members (excludes halogenated alkanes) is 3. The van der Waals surface area contributed by atoms with Gasteiger partial charge >= 0.3 is 0 Å². The van der Waals surface area contributed by atoms with Gasteiger partial charge in [-0.15, -0.1) is 0 Å². The zero-order valence-corrected chi connectivity index (χ0v) is 10.2. The van der Waals surface area contributed by atoms with Gasteiger partial charge in [0.2, 0.25) is 5.91 Å². The fourth-order valence-corrected chi connectivity index (χ4v) is 1.56. The average molecular weight is 235 g/mol. The molecule has 1 aromatic heterocycles. The van der Waals surface area contributed by atoms with Crippen LogP contribution < -0.4 is 11.1 Å². The molecule has 0 atom stereocenters. The highest BCUT2D eigenvalue weighted by molar-refractivity contribution is 5.75. The quantitative estimate of drug-likeness (QED) is 0.673. The Bertz CT molecular complexity index is 314. The van der Waals surface area contributed by atoms with Crippen molar-refractivity contribution in [3.63, 3.8) is 0 Å². The van der Waals surface area contributed by atoms with Crippen LogP contribution in [0.15, 0.2) is 24.4 Å². The minimum Gasteiger partial charge on any atom is -0.350 e. The van der Waals surface area contributed by atoms with Gasteiger partial charge in [0.1, 0.15) is 0 Å². The van der Waals surface area contributed by atoms with Crippen LogP contribution in [-0.4, -0.2) is 17.4 Å². The summed E-state index contributed by atoms with van der Waals surface area (Å²) in [5.74, 6) is 0.100. The lowest BCUT2D eigenvalue weighted by atomic mass is 10.1. The predicted molar refractivity (Wildman–Crippen MR) is 68.2 cm³/mol. The van der Waals surface area contributed by atoms with Crippen molar-refractivity contribution < 1.29 is 4.79 Å². The molecule has 4 nitrogen and oxygen atoms in total. The monoisotopic (exact) mass is 235 g/mol. The van der Waals surface area contributed by atoms with Gasteiger partial charge in [0.25, 0.3) is 0 Å². The molecule has 0 aliphatic carbocycles. The summed E-state index contributed by atoms with van der Waals surface area (Å²) < 4.78 is 0. The lowest BCUT2D eigenvalue weighted by Gasteiger charge is -2.04. The summed E-state index contributed by atoms with van der Waals surface area (Å²) in [6.07, 6.45) is 6.51. The number of carbonyl (C=O) groups excluding carboxylic acids is 1. The first-order valence-electron chi connectivity index (χ1n) is 6.19. The maximum Gasteiger partial charge on any atom is 0.220 e. The molecule has 17 heavy (non-hydrogen) atoms. The smallest absolute Gasteiger partial charge is 0.220 e. The Kier molecular flexibility index (Phi) is 6.98. The van der Waals surface area contributed by atoms with Gasteiger partial charge in [-0.3, -0.25) is 9.78 Å². The number of nitrogens with one attached hydrogen (secondary N) is 1. The Hall–Kier alpha value is -1.42. The number of amides is 1. The molecule has 1 amide bonds. The van der Waals surface area contributed by atoms with Gasteiger partial charge in [-0.1, -0.05) is 18.9 Å². The first-order chi connectivity index (χ1) is 8.33. The summed E-state index contributed by atoms with van der Waals surface area (Å²) in [5, 5.41) is 2.86. The maximum atomic E-state index is 11.5. The highest BCUT2D eigenvalue weighted by Gasteiger charge is 2.01. The Labute approximate surface area is 103 Å². The molecule has 1 heterocycles. The van der Waals surface area contributed by atoms with Crippen LogP contribution in [0.2, 0.25) is 0 Å². The van der Waals surface area contributed by atoms with Gasteiger partial charge in [0, 0.05) is 12.6 Å². The second-order valence-corrected chi connectivity index (χ2v) is 4.05. The number of hydrogen-bond acceptors (Lipinski definition) is 3. The van der Waals surface area contributed by atoms with Crippen molar-refractivity contribution in [3.05, 3.63) is 30.1 Å². The Morgan fingerprint density at radius 2 is 2.06 bits per heavy atom. The Morgan fingerprint density at radius 1 is 1.24 bits per heavy atom. The van der Waals surface area contributed by atoms with Crippen LogP contribution in [0.1, 0.15) is 37.8 Å². The van der Waals surface area contributed by atoms with E-state index in [4.69, 9.17) is 5.73 Å². The zero-order valence-electron chi connectivity index (χ0n) is 10.2. The van der Waals surface area contributed by atoms with E-state index < -0.39 is 0 Å². The number of hydrogen-bond donors (Lipinski definition) is 2. The third-order valence-corrected chi connectivity index (χ3v) is 2.55. The summed E-state index contributed by atoms with van der Waals surface area (Å²) in [6.45, 7) is 1.26. The van der Waals surface area contributed by atoms with Gasteiger partial charge in [-0.2, -0.15) is 0 Å². The molecule has 0 saturated carbocycles. The number of nitrogens with zero attached hydrogens (tertiary/aromatic N) is 1. The standard InChI is InChI=1S/C13H21N3O/c14-9-5-2-1-3-8-13(17)16-11-12-7-4-6-10-15-12/h4,6-7,10H,1-3,5,8-9,11,14H2,(H,16,17). The number of aromatic nitrogens is 1. The van der Waals surface area contributed by atoms with E-state index >= 15 is 0 Å². The van der Waals surface area contributed by atoms with E-state index in [1.165, 1.54) is 0 Å². The summed E-state index contributed by atoms with van der Waals surface area (Å²) in [6, 6.07) is 5.69. The van der Waals surface area contributed by atoms with Crippen molar-refractivity contribution in [1.82, 2.24) is 10.3 Å². The van der Waals surface area contributed by atoms with Gasteiger partial charge in [0.15, 0.2) is 0 Å². The molecular weight excluding hydrogens is 214 g/mol.